The Balaban J connectivity index is 1.46. The Morgan fingerprint density at radius 1 is 1.14 bits per heavy atom. The maximum atomic E-state index is 12.6. The van der Waals surface area contributed by atoms with Crippen LogP contribution in [0.3, 0.4) is 0 Å². The monoisotopic (exact) mass is 386 g/mol. The molecule has 0 aliphatic carbocycles. The number of nitrogens with one attached hydrogen (secondary N) is 2. The molecule has 0 fully saturated rings. The van der Waals surface area contributed by atoms with E-state index in [0.717, 1.165) is 22.1 Å². The molecule has 1 amide bonds. The summed E-state index contributed by atoms with van der Waals surface area (Å²) in [6.07, 6.45) is 3.96. The topological polar surface area (TPSA) is 93.0 Å². The van der Waals surface area contributed by atoms with Crippen molar-refractivity contribution in [3.8, 4) is 16.9 Å². The average Bonchev–Trinajstić information content (AvgIpc) is 3.28. The van der Waals surface area contributed by atoms with Crippen molar-refractivity contribution >= 4 is 22.4 Å². The van der Waals surface area contributed by atoms with E-state index in [1.165, 1.54) is 5.39 Å². The van der Waals surface area contributed by atoms with Crippen molar-refractivity contribution in [2.24, 2.45) is 5.73 Å². The normalized spacial score (nSPS) is 11.9. The highest BCUT2D eigenvalue weighted by atomic mass is 16.5. The zero-order chi connectivity index (χ0) is 20.2. The Morgan fingerprint density at radius 3 is 2.72 bits per heavy atom. The van der Waals surface area contributed by atoms with Gasteiger partial charge in [0.25, 0.3) is 0 Å². The van der Waals surface area contributed by atoms with Crippen molar-refractivity contribution in [3.05, 3.63) is 78.6 Å². The Bertz CT molecular complexity index is 1140. The fourth-order valence-electron chi connectivity index (χ4n) is 3.35. The lowest BCUT2D eigenvalue weighted by Crippen LogP contribution is -2.37. The second-order valence-corrected chi connectivity index (χ2v) is 6.88. The molecular weight excluding hydrogens is 364 g/mol. The summed E-state index contributed by atoms with van der Waals surface area (Å²) in [5, 5.41) is 11.9. The van der Waals surface area contributed by atoms with Crippen LogP contribution < -0.4 is 15.8 Å². The standard InChI is InChI=1S/C23H22N4O2/c1-29-22-12-19(8-9-20(22)18-13-25-26-14-18)27-23(28)21(24)11-15-6-7-16-4-2-3-5-17(16)10-15/h2-10,12-14,21H,11,24H2,1H3,(H,25,26)(H,27,28). The first kappa shape index (κ1) is 18.7. The highest BCUT2D eigenvalue weighted by Crippen LogP contribution is 2.31. The Labute approximate surface area is 168 Å². The smallest absolute Gasteiger partial charge is 0.241 e. The Hall–Kier alpha value is -3.64. The lowest BCUT2D eigenvalue weighted by molar-refractivity contribution is -0.117. The van der Waals surface area contributed by atoms with Gasteiger partial charge in [0.05, 0.1) is 19.3 Å². The number of aromatic nitrogens is 2. The maximum Gasteiger partial charge on any atom is 0.241 e. The fraction of sp³-hybridized carbons (Fsp3) is 0.130. The molecule has 6 nitrogen and oxygen atoms in total. The molecule has 6 heteroatoms. The maximum absolute atomic E-state index is 12.6. The third kappa shape index (κ3) is 4.12. The van der Waals surface area contributed by atoms with Gasteiger partial charge in [-0.15, -0.1) is 0 Å². The molecule has 4 N–H and O–H groups in total. The summed E-state index contributed by atoms with van der Waals surface area (Å²) in [6.45, 7) is 0. The van der Waals surface area contributed by atoms with Gasteiger partial charge in [-0.1, -0.05) is 42.5 Å². The van der Waals surface area contributed by atoms with Gasteiger partial charge in [-0.2, -0.15) is 5.10 Å². The number of carbonyl (C=O) groups is 1. The van der Waals surface area contributed by atoms with Crippen molar-refractivity contribution in [2.45, 2.75) is 12.5 Å². The van der Waals surface area contributed by atoms with Crippen molar-refractivity contribution < 1.29 is 9.53 Å². The van der Waals surface area contributed by atoms with Crippen LogP contribution in [0, 0.1) is 0 Å². The zero-order valence-corrected chi connectivity index (χ0v) is 16.1. The van der Waals surface area contributed by atoms with Gasteiger partial charge in [0.15, 0.2) is 0 Å². The first-order chi connectivity index (χ1) is 14.1. The predicted octanol–water partition coefficient (Wildman–Crippen LogP) is 3.75. The molecule has 0 saturated heterocycles. The molecule has 1 heterocycles. The first-order valence-corrected chi connectivity index (χ1v) is 9.35. The highest BCUT2D eigenvalue weighted by molar-refractivity contribution is 5.95. The van der Waals surface area contributed by atoms with Crippen LogP contribution in [-0.2, 0) is 11.2 Å². The largest absolute Gasteiger partial charge is 0.496 e. The number of ether oxygens (including phenoxy) is 1. The SMILES string of the molecule is COc1cc(NC(=O)C(N)Cc2ccc3ccccc3c2)ccc1-c1cn[nH]c1. The van der Waals surface area contributed by atoms with E-state index in [-0.39, 0.29) is 5.91 Å². The van der Waals surface area contributed by atoms with E-state index in [1.807, 2.05) is 30.3 Å². The predicted molar refractivity (Wildman–Crippen MR) is 115 cm³/mol. The summed E-state index contributed by atoms with van der Waals surface area (Å²) in [5.41, 5.74) is 9.62. The second-order valence-electron chi connectivity index (χ2n) is 6.88. The molecule has 0 bridgehead atoms. The number of amides is 1. The number of aromatic amines is 1. The van der Waals surface area contributed by atoms with Crippen LogP contribution in [0.4, 0.5) is 5.69 Å². The zero-order valence-electron chi connectivity index (χ0n) is 16.1. The minimum Gasteiger partial charge on any atom is -0.496 e. The van der Waals surface area contributed by atoms with E-state index in [9.17, 15) is 4.79 Å². The summed E-state index contributed by atoms with van der Waals surface area (Å²) in [7, 11) is 1.59. The molecule has 1 unspecified atom stereocenters. The van der Waals surface area contributed by atoms with Crippen molar-refractivity contribution in [1.29, 1.82) is 0 Å². The van der Waals surface area contributed by atoms with E-state index < -0.39 is 6.04 Å². The van der Waals surface area contributed by atoms with Crippen LogP contribution in [0.25, 0.3) is 21.9 Å². The van der Waals surface area contributed by atoms with Crippen LogP contribution in [0.1, 0.15) is 5.56 Å². The van der Waals surface area contributed by atoms with Gasteiger partial charge in [-0.05, 0) is 34.9 Å². The number of hydrogen-bond donors (Lipinski definition) is 3. The van der Waals surface area contributed by atoms with Gasteiger partial charge >= 0.3 is 0 Å². The quantitative estimate of drug-likeness (QED) is 0.470. The molecule has 4 aromatic rings. The van der Waals surface area contributed by atoms with E-state index in [2.05, 4.69) is 39.8 Å². The lowest BCUT2D eigenvalue weighted by Gasteiger charge is -2.14. The van der Waals surface area contributed by atoms with Crippen molar-refractivity contribution in [2.75, 3.05) is 12.4 Å². The Kier molecular flexibility index (Phi) is 5.27. The molecule has 1 atom stereocenters. The summed E-state index contributed by atoms with van der Waals surface area (Å²) >= 11 is 0. The molecule has 3 aromatic carbocycles. The van der Waals surface area contributed by atoms with Gasteiger partial charge < -0.3 is 15.8 Å². The molecule has 0 spiro atoms. The van der Waals surface area contributed by atoms with Gasteiger partial charge in [0, 0.05) is 29.1 Å². The van der Waals surface area contributed by atoms with E-state index in [0.29, 0.717) is 17.9 Å². The molecule has 146 valence electrons. The number of rotatable bonds is 6. The van der Waals surface area contributed by atoms with Crippen LogP contribution in [0.15, 0.2) is 73.1 Å². The minimum absolute atomic E-state index is 0.240. The fourth-order valence-corrected chi connectivity index (χ4v) is 3.35. The van der Waals surface area contributed by atoms with Crippen LogP contribution >= 0.6 is 0 Å². The van der Waals surface area contributed by atoms with Gasteiger partial charge in [0.1, 0.15) is 5.75 Å². The second kappa shape index (κ2) is 8.16. The number of nitrogens with zero attached hydrogens (tertiary/aromatic N) is 1. The minimum atomic E-state index is -0.657. The lowest BCUT2D eigenvalue weighted by atomic mass is 10.0. The molecular formula is C23H22N4O2. The molecule has 0 aliphatic rings. The summed E-state index contributed by atoms with van der Waals surface area (Å²) in [4.78, 5) is 12.6. The van der Waals surface area contributed by atoms with Crippen LogP contribution in [0.2, 0.25) is 0 Å². The van der Waals surface area contributed by atoms with E-state index >= 15 is 0 Å². The van der Waals surface area contributed by atoms with E-state index in [4.69, 9.17) is 10.5 Å². The summed E-state index contributed by atoms with van der Waals surface area (Å²) in [6, 6.07) is 19.1. The average molecular weight is 386 g/mol. The van der Waals surface area contributed by atoms with Crippen molar-refractivity contribution in [1.82, 2.24) is 10.2 Å². The number of methoxy groups -OCH3 is 1. The van der Waals surface area contributed by atoms with Crippen molar-refractivity contribution in [3.63, 3.8) is 0 Å². The molecule has 0 radical (unpaired) electrons. The summed E-state index contributed by atoms with van der Waals surface area (Å²) in [5.74, 6) is 0.406. The first-order valence-electron chi connectivity index (χ1n) is 9.35. The molecule has 0 saturated carbocycles. The number of anilines is 1. The number of H-pyrrole nitrogens is 1. The molecule has 1 aromatic heterocycles. The van der Waals surface area contributed by atoms with Gasteiger partial charge in [-0.25, -0.2) is 0 Å². The number of hydrogen-bond acceptors (Lipinski definition) is 4. The van der Waals surface area contributed by atoms with Crippen LogP contribution in [-0.4, -0.2) is 29.3 Å². The Morgan fingerprint density at radius 2 is 1.97 bits per heavy atom. The molecule has 0 aliphatic heterocycles. The van der Waals surface area contributed by atoms with Gasteiger partial charge in [-0.3, -0.25) is 9.89 Å². The molecule has 4 rings (SSSR count). The number of carbonyl (C=O) groups excluding carboxylic acids is 1. The highest BCUT2D eigenvalue weighted by Gasteiger charge is 2.16. The third-order valence-corrected chi connectivity index (χ3v) is 4.88. The third-order valence-electron chi connectivity index (χ3n) is 4.88. The number of benzene rings is 3. The van der Waals surface area contributed by atoms with Gasteiger partial charge in [0.2, 0.25) is 5.91 Å². The summed E-state index contributed by atoms with van der Waals surface area (Å²) < 4.78 is 5.46. The van der Waals surface area contributed by atoms with Crippen LogP contribution in [0.5, 0.6) is 5.75 Å². The molecule has 29 heavy (non-hydrogen) atoms. The number of fused-ring (bicyclic) bond motifs is 1. The van der Waals surface area contributed by atoms with E-state index in [1.54, 1.807) is 25.6 Å². The number of nitrogens with two attached hydrogens (primary N) is 1.